The Bertz CT molecular complexity index is 2740. The second-order valence-electron chi connectivity index (χ2n) is 13.5. The maximum Gasteiger partial charge on any atom is 0.203 e. The molecule has 3 heterocycles. The Morgan fingerprint density at radius 2 is 1.31 bits per heavy atom. The first-order valence-electron chi connectivity index (χ1n) is 17.7. The molecule has 0 saturated heterocycles. The molecule has 2 aliphatic rings. The van der Waals surface area contributed by atoms with Crippen LogP contribution in [0.15, 0.2) is 175 Å². The molecule has 1 aliphatic heterocycles. The third kappa shape index (κ3) is 4.98. The van der Waals surface area contributed by atoms with Gasteiger partial charge >= 0.3 is 0 Å². The van der Waals surface area contributed by atoms with Gasteiger partial charge in [-0.25, -0.2) is 4.99 Å². The summed E-state index contributed by atoms with van der Waals surface area (Å²) in [6.07, 6.45) is 11.8. The lowest BCUT2D eigenvalue weighted by Gasteiger charge is -2.36. The Morgan fingerprint density at radius 3 is 2.16 bits per heavy atom. The molecule has 8 aromatic rings. The molecular formula is C47H35N3S. The average Bonchev–Trinajstić information content (AvgIpc) is 3.74. The van der Waals surface area contributed by atoms with Crippen molar-refractivity contribution < 1.29 is 0 Å². The number of hydrogen-bond donors (Lipinski definition) is 0. The molecule has 0 N–H and O–H groups in total. The SMILES string of the molecule is CN1C(c2ccc(-c3ccccc3)cc2)=CC(C2C=CC=CC2)=NC1n1c2ccccc2c2cc(-c3cccc4c3sc3ccccc34)ccc21. The Labute approximate surface area is 301 Å². The molecular weight excluding hydrogens is 639 g/mol. The fourth-order valence-corrected chi connectivity index (χ4v) is 9.24. The number of hydrogen-bond acceptors (Lipinski definition) is 3. The fraction of sp³-hybridized carbons (Fsp3) is 0.0851. The lowest BCUT2D eigenvalue weighted by atomic mass is 9.92. The van der Waals surface area contributed by atoms with Crippen molar-refractivity contribution in [1.82, 2.24) is 9.47 Å². The van der Waals surface area contributed by atoms with E-state index in [0.717, 1.165) is 12.1 Å². The quantitative estimate of drug-likeness (QED) is 0.178. The van der Waals surface area contributed by atoms with E-state index in [0.29, 0.717) is 0 Å². The Hall–Kier alpha value is -5.97. The van der Waals surface area contributed by atoms with Gasteiger partial charge in [-0.3, -0.25) is 0 Å². The molecule has 10 rings (SSSR count). The van der Waals surface area contributed by atoms with Gasteiger partial charge in [-0.2, -0.15) is 0 Å². The van der Waals surface area contributed by atoms with Gasteiger partial charge in [0.15, 0.2) is 0 Å². The van der Waals surface area contributed by atoms with E-state index in [4.69, 9.17) is 4.99 Å². The monoisotopic (exact) mass is 673 g/mol. The highest BCUT2D eigenvalue weighted by Crippen LogP contribution is 2.43. The molecule has 244 valence electrons. The Morgan fingerprint density at radius 1 is 0.608 bits per heavy atom. The summed E-state index contributed by atoms with van der Waals surface area (Å²) in [6, 6.07) is 50.9. The largest absolute Gasteiger partial charge is 0.335 e. The van der Waals surface area contributed by atoms with Crippen LogP contribution in [0, 0.1) is 5.92 Å². The zero-order chi connectivity index (χ0) is 33.9. The molecule has 4 heteroatoms. The number of rotatable bonds is 5. The van der Waals surface area contributed by atoms with E-state index >= 15 is 0 Å². The van der Waals surface area contributed by atoms with Crippen LogP contribution >= 0.6 is 11.3 Å². The topological polar surface area (TPSA) is 20.5 Å². The van der Waals surface area contributed by atoms with Crippen molar-refractivity contribution in [3.8, 4) is 22.3 Å². The summed E-state index contributed by atoms with van der Waals surface area (Å²) in [6.45, 7) is 0. The van der Waals surface area contributed by atoms with Crippen LogP contribution in [0.2, 0.25) is 0 Å². The van der Waals surface area contributed by atoms with E-state index in [1.165, 1.54) is 75.5 Å². The molecule has 0 bridgehead atoms. The predicted molar refractivity (Wildman–Crippen MR) is 218 cm³/mol. The molecule has 0 spiro atoms. The van der Waals surface area contributed by atoms with E-state index in [9.17, 15) is 0 Å². The van der Waals surface area contributed by atoms with Gasteiger partial charge in [0.2, 0.25) is 6.29 Å². The second kappa shape index (κ2) is 12.1. The predicted octanol–water partition coefficient (Wildman–Crippen LogP) is 12.5. The minimum Gasteiger partial charge on any atom is -0.335 e. The minimum absolute atomic E-state index is 0.228. The smallest absolute Gasteiger partial charge is 0.203 e. The van der Waals surface area contributed by atoms with Crippen molar-refractivity contribution in [2.75, 3.05) is 7.05 Å². The van der Waals surface area contributed by atoms with Crippen molar-refractivity contribution >= 4 is 64.7 Å². The van der Waals surface area contributed by atoms with Gasteiger partial charge in [-0.15, -0.1) is 11.3 Å². The first-order valence-corrected chi connectivity index (χ1v) is 18.5. The zero-order valence-electron chi connectivity index (χ0n) is 28.3. The number of benzene rings is 6. The van der Waals surface area contributed by atoms with E-state index in [1.54, 1.807) is 0 Å². The molecule has 1 aliphatic carbocycles. The number of thiophene rings is 1. The van der Waals surface area contributed by atoms with E-state index in [-0.39, 0.29) is 12.2 Å². The van der Waals surface area contributed by atoms with E-state index in [1.807, 2.05) is 11.3 Å². The molecule has 51 heavy (non-hydrogen) atoms. The van der Waals surface area contributed by atoms with Crippen LogP contribution in [0.5, 0.6) is 0 Å². The molecule has 0 saturated carbocycles. The summed E-state index contributed by atoms with van der Waals surface area (Å²) in [4.78, 5) is 7.91. The average molecular weight is 674 g/mol. The maximum atomic E-state index is 5.56. The van der Waals surface area contributed by atoms with Crippen molar-refractivity contribution in [2.24, 2.45) is 10.9 Å². The Kier molecular flexibility index (Phi) is 7.10. The van der Waals surface area contributed by atoms with Gasteiger partial charge in [0.25, 0.3) is 0 Å². The van der Waals surface area contributed by atoms with Crippen LogP contribution in [0.3, 0.4) is 0 Å². The van der Waals surface area contributed by atoms with Crippen LogP contribution in [0.1, 0.15) is 18.3 Å². The molecule has 0 fully saturated rings. The third-order valence-corrected chi connectivity index (χ3v) is 11.8. The number of para-hydroxylation sites is 1. The number of allylic oxidation sites excluding steroid dienone is 5. The minimum atomic E-state index is -0.257. The maximum absolute atomic E-state index is 5.56. The van der Waals surface area contributed by atoms with Crippen molar-refractivity contribution in [2.45, 2.75) is 12.7 Å². The van der Waals surface area contributed by atoms with Crippen LogP contribution < -0.4 is 0 Å². The first kappa shape index (κ1) is 29.9. The summed E-state index contributed by atoms with van der Waals surface area (Å²) in [5.74, 6) is 0.228. The van der Waals surface area contributed by atoms with Crippen LogP contribution in [-0.2, 0) is 0 Å². The van der Waals surface area contributed by atoms with Gasteiger partial charge in [-0.1, -0.05) is 140 Å². The van der Waals surface area contributed by atoms with Crippen molar-refractivity contribution in [3.05, 3.63) is 175 Å². The summed E-state index contributed by atoms with van der Waals surface area (Å²) < 4.78 is 5.11. The molecule has 0 amide bonds. The van der Waals surface area contributed by atoms with Crippen molar-refractivity contribution in [3.63, 3.8) is 0 Å². The highest BCUT2D eigenvalue weighted by molar-refractivity contribution is 7.26. The van der Waals surface area contributed by atoms with Gasteiger partial charge in [0.05, 0.1) is 11.0 Å². The molecule has 3 nitrogen and oxygen atoms in total. The second-order valence-corrected chi connectivity index (χ2v) is 14.6. The highest BCUT2D eigenvalue weighted by Gasteiger charge is 2.29. The zero-order valence-corrected chi connectivity index (χ0v) is 29.1. The molecule has 0 radical (unpaired) electrons. The number of fused-ring (bicyclic) bond motifs is 6. The number of nitrogens with zero attached hydrogens (tertiary/aromatic N) is 3. The standard InChI is InChI=1S/C47H35N3S/c1-49-44(34-25-23-32(24-26-34)31-13-4-2-5-14-31)30-41(33-15-6-3-7-16-33)48-47(49)50-42-21-10-8-17-37(42)40-29-35(27-28-43(40)50)36-19-12-20-39-38-18-9-11-22-45(38)51-46(36)39/h2-15,17-30,33,47H,16H2,1H3. The molecule has 2 aromatic heterocycles. The summed E-state index contributed by atoms with van der Waals surface area (Å²) in [5.41, 5.74) is 10.8. The fourth-order valence-electron chi connectivity index (χ4n) is 8.00. The van der Waals surface area contributed by atoms with Gasteiger partial charge in [0, 0.05) is 55.3 Å². The van der Waals surface area contributed by atoms with Gasteiger partial charge < -0.3 is 9.47 Å². The lowest BCUT2D eigenvalue weighted by Crippen LogP contribution is -2.32. The van der Waals surface area contributed by atoms with Gasteiger partial charge in [-0.05, 0) is 64.6 Å². The normalized spacial score (nSPS) is 17.5. The van der Waals surface area contributed by atoms with E-state index in [2.05, 4.69) is 186 Å². The van der Waals surface area contributed by atoms with Crippen LogP contribution in [-0.4, -0.2) is 22.2 Å². The lowest BCUT2D eigenvalue weighted by molar-refractivity contribution is 0.281. The molecule has 2 unspecified atom stereocenters. The first-order chi connectivity index (χ1) is 25.2. The number of aliphatic imine (C=N–C) groups is 1. The summed E-state index contributed by atoms with van der Waals surface area (Å²) >= 11 is 1.89. The van der Waals surface area contributed by atoms with Crippen LogP contribution in [0.4, 0.5) is 0 Å². The van der Waals surface area contributed by atoms with Crippen LogP contribution in [0.25, 0.3) is 69.9 Å². The molecule has 2 atom stereocenters. The Balaban J connectivity index is 1.12. The highest BCUT2D eigenvalue weighted by atomic mass is 32.1. The van der Waals surface area contributed by atoms with Crippen molar-refractivity contribution in [1.29, 1.82) is 0 Å². The van der Waals surface area contributed by atoms with Gasteiger partial charge in [0.1, 0.15) is 0 Å². The number of aromatic nitrogens is 1. The third-order valence-electron chi connectivity index (χ3n) is 10.6. The summed E-state index contributed by atoms with van der Waals surface area (Å²) in [5, 5.41) is 5.14. The van der Waals surface area contributed by atoms with E-state index < -0.39 is 0 Å². The molecule has 6 aromatic carbocycles. The summed E-state index contributed by atoms with van der Waals surface area (Å²) in [7, 11) is 2.19.